The van der Waals surface area contributed by atoms with E-state index in [9.17, 15) is 9.59 Å². The predicted molar refractivity (Wildman–Crippen MR) is 76.4 cm³/mol. The summed E-state index contributed by atoms with van der Waals surface area (Å²) in [6, 6.07) is 0.385. The number of rotatable bonds is 4. The molecule has 2 aliphatic rings. The van der Waals surface area contributed by atoms with Crippen LogP contribution in [0.5, 0.6) is 0 Å². The molecule has 1 aliphatic heterocycles. The molecule has 5 nitrogen and oxygen atoms in total. The number of likely N-dealkylation sites (tertiary alicyclic amines) is 1. The molecule has 2 fully saturated rings. The van der Waals surface area contributed by atoms with Gasteiger partial charge in [0.05, 0.1) is 12.5 Å². The highest BCUT2D eigenvalue weighted by atomic mass is 16.4. The summed E-state index contributed by atoms with van der Waals surface area (Å²) in [5, 5.41) is 9.08. The topological polar surface area (TPSA) is 60.9 Å². The molecule has 0 bridgehead atoms. The Morgan fingerprint density at radius 1 is 1.15 bits per heavy atom. The van der Waals surface area contributed by atoms with E-state index in [4.69, 9.17) is 5.11 Å². The Morgan fingerprint density at radius 2 is 1.85 bits per heavy atom. The minimum atomic E-state index is -0.734. The van der Waals surface area contributed by atoms with Gasteiger partial charge in [0, 0.05) is 19.6 Å². The maximum atomic E-state index is 12.3. The summed E-state index contributed by atoms with van der Waals surface area (Å²) in [7, 11) is 1.90. The van der Waals surface area contributed by atoms with Crippen LogP contribution >= 0.6 is 0 Å². The summed E-state index contributed by atoms with van der Waals surface area (Å²) in [5.74, 6) is -0.901. The first kappa shape index (κ1) is 15.3. The number of carbonyl (C=O) groups excluding carboxylic acids is 1. The monoisotopic (exact) mass is 282 g/mol. The van der Waals surface area contributed by atoms with E-state index >= 15 is 0 Å². The molecule has 0 aromatic heterocycles. The summed E-state index contributed by atoms with van der Waals surface area (Å²) in [6.45, 7) is 1.73. The van der Waals surface area contributed by atoms with Gasteiger partial charge in [0.15, 0.2) is 0 Å². The number of hydrogen-bond acceptors (Lipinski definition) is 3. The van der Waals surface area contributed by atoms with E-state index in [0.29, 0.717) is 19.1 Å². The lowest BCUT2D eigenvalue weighted by molar-refractivity contribution is -0.145. The van der Waals surface area contributed by atoms with Crippen molar-refractivity contribution >= 4 is 11.9 Å². The van der Waals surface area contributed by atoms with Gasteiger partial charge in [-0.05, 0) is 32.2 Å². The number of likely N-dealkylation sites (N-methyl/N-ethyl adjacent to an activating group) is 1. The highest BCUT2D eigenvalue weighted by Crippen LogP contribution is 2.22. The molecule has 1 saturated heterocycles. The Balaban J connectivity index is 1.82. The second kappa shape index (κ2) is 7.07. The Bertz CT molecular complexity index is 353. The van der Waals surface area contributed by atoms with E-state index in [-0.39, 0.29) is 11.8 Å². The highest BCUT2D eigenvalue weighted by molar-refractivity contribution is 5.78. The largest absolute Gasteiger partial charge is 0.481 e. The zero-order valence-electron chi connectivity index (χ0n) is 12.4. The van der Waals surface area contributed by atoms with Crippen molar-refractivity contribution in [2.45, 2.75) is 51.0 Å². The van der Waals surface area contributed by atoms with Gasteiger partial charge in [-0.1, -0.05) is 19.3 Å². The first-order chi connectivity index (χ1) is 9.58. The molecule has 1 atom stereocenters. The number of amides is 1. The fourth-order valence-corrected chi connectivity index (χ4v) is 3.38. The molecule has 1 amide bonds. The predicted octanol–water partition coefficient (Wildman–Crippen LogP) is 1.57. The highest BCUT2D eigenvalue weighted by Gasteiger charge is 2.28. The van der Waals surface area contributed by atoms with Gasteiger partial charge < -0.3 is 10.0 Å². The van der Waals surface area contributed by atoms with Crippen LogP contribution in [0.3, 0.4) is 0 Å². The van der Waals surface area contributed by atoms with Crippen molar-refractivity contribution in [3.05, 3.63) is 0 Å². The number of aliphatic carboxylic acids is 1. The molecular formula is C15H26N2O3. The number of carboxylic acids is 1. The molecule has 0 aromatic carbocycles. The number of hydrogen-bond donors (Lipinski definition) is 1. The van der Waals surface area contributed by atoms with Crippen molar-refractivity contribution in [3.8, 4) is 0 Å². The number of carbonyl (C=O) groups is 2. The normalized spacial score (nSPS) is 25.4. The molecular weight excluding hydrogens is 256 g/mol. The Morgan fingerprint density at radius 3 is 2.50 bits per heavy atom. The van der Waals surface area contributed by atoms with Gasteiger partial charge in [-0.25, -0.2) is 0 Å². The minimum absolute atomic E-state index is 0.142. The number of carboxylic acid groups (broad SMARTS) is 1. The molecule has 1 aliphatic carbocycles. The molecule has 1 heterocycles. The first-order valence-corrected chi connectivity index (χ1v) is 7.78. The van der Waals surface area contributed by atoms with Crippen molar-refractivity contribution in [1.82, 2.24) is 9.80 Å². The van der Waals surface area contributed by atoms with Gasteiger partial charge in [-0.15, -0.1) is 0 Å². The standard InChI is InChI=1S/C15H26N2O3/c1-16(13-7-3-2-4-8-13)14(18)11-17-9-5-6-12(10-17)15(19)20/h12-13H,2-11H2,1H3,(H,19,20). The van der Waals surface area contributed by atoms with Crippen LogP contribution in [-0.4, -0.2) is 59.5 Å². The van der Waals surface area contributed by atoms with E-state index in [2.05, 4.69) is 0 Å². The summed E-state index contributed by atoms with van der Waals surface area (Å²) in [6.07, 6.45) is 7.54. The SMILES string of the molecule is CN(C(=O)CN1CCCC(C(=O)O)C1)C1CCCCC1. The summed E-state index contributed by atoms with van der Waals surface area (Å²) < 4.78 is 0. The molecule has 5 heteroatoms. The maximum absolute atomic E-state index is 12.3. The molecule has 114 valence electrons. The van der Waals surface area contributed by atoms with Gasteiger partial charge in [0.1, 0.15) is 0 Å². The van der Waals surface area contributed by atoms with Crippen LogP contribution in [0, 0.1) is 5.92 Å². The molecule has 0 radical (unpaired) electrons. The minimum Gasteiger partial charge on any atom is -0.481 e. The van der Waals surface area contributed by atoms with Crippen LogP contribution < -0.4 is 0 Å². The van der Waals surface area contributed by atoms with Crippen LogP contribution in [0.2, 0.25) is 0 Å². The van der Waals surface area contributed by atoms with E-state index < -0.39 is 5.97 Å². The Labute approximate surface area is 120 Å². The smallest absolute Gasteiger partial charge is 0.307 e. The third-order valence-electron chi connectivity index (χ3n) is 4.73. The van der Waals surface area contributed by atoms with Gasteiger partial charge in [-0.3, -0.25) is 14.5 Å². The van der Waals surface area contributed by atoms with Crippen LogP contribution in [0.15, 0.2) is 0 Å². The summed E-state index contributed by atoms with van der Waals surface area (Å²) >= 11 is 0. The third kappa shape index (κ3) is 3.95. The van der Waals surface area contributed by atoms with Gasteiger partial charge in [0.25, 0.3) is 0 Å². The van der Waals surface area contributed by atoms with Gasteiger partial charge >= 0.3 is 5.97 Å². The molecule has 20 heavy (non-hydrogen) atoms. The molecule has 1 saturated carbocycles. The quantitative estimate of drug-likeness (QED) is 0.850. The fraction of sp³-hybridized carbons (Fsp3) is 0.867. The van der Waals surface area contributed by atoms with Crippen molar-refractivity contribution < 1.29 is 14.7 Å². The van der Waals surface area contributed by atoms with E-state index in [1.54, 1.807) is 0 Å². The van der Waals surface area contributed by atoms with E-state index in [1.807, 2.05) is 16.8 Å². The van der Waals surface area contributed by atoms with Crippen LogP contribution in [0.25, 0.3) is 0 Å². The zero-order valence-corrected chi connectivity index (χ0v) is 12.4. The van der Waals surface area contributed by atoms with Gasteiger partial charge in [-0.2, -0.15) is 0 Å². The molecule has 1 unspecified atom stereocenters. The van der Waals surface area contributed by atoms with Gasteiger partial charge in [0.2, 0.25) is 5.91 Å². The first-order valence-electron chi connectivity index (χ1n) is 7.78. The lowest BCUT2D eigenvalue weighted by atomic mass is 9.94. The van der Waals surface area contributed by atoms with Crippen molar-refractivity contribution in [2.75, 3.05) is 26.7 Å². The maximum Gasteiger partial charge on any atom is 0.307 e. The number of piperidine rings is 1. The average Bonchev–Trinajstić information content (AvgIpc) is 2.47. The Kier molecular flexibility index (Phi) is 5.40. The lowest BCUT2D eigenvalue weighted by Gasteiger charge is -2.35. The summed E-state index contributed by atoms with van der Waals surface area (Å²) in [4.78, 5) is 27.3. The zero-order chi connectivity index (χ0) is 14.5. The summed E-state index contributed by atoms with van der Waals surface area (Å²) in [5.41, 5.74) is 0. The lowest BCUT2D eigenvalue weighted by Crippen LogP contribution is -2.47. The Hall–Kier alpha value is -1.10. The number of nitrogens with zero attached hydrogens (tertiary/aromatic N) is 2. The van der Waals surface area contributed by atoms with Crippen molar-refractivity contribution in [2.24, 2.45) is 5.92 Å². The fourth-order valence-electron chi connectivity index (χ4n) is 3.38. The molecule has 1 N–H and O–H groups in total. The van der Waals surface area contributed by atoms with Crippen LogP contribution in [-0.2, 0) is 9.59 Å². The third-order valence-corrected chi connectivity index (χ3v) is 4.73. The average molecular weight is 282 g/mol. The second-order valence-electron chi connectivity index (χ2n) is 6.21. The second-order valence-corrected chi connectivity index (χ2v) is 6.21. The van der Waals surface area contributed by atoms with Crippen LogP contribution in [0.1, 0.15) is 44.9 Å². The molecule has 0 aromatic rings. The molecule has 2 rings (SSSR count). The van der Waals surface area contributed by atoms with Crippen LogP contribution in [0.4, 0.5) is 0 Å². The van der Waals surface area contributed by atoms with Crippen molar-refractivity contribution in [3.63, 3.8) is 0 Å². The molecule has 0 spiro atoms. The van der Waals surface area contributed by atoms with Crippen molar-refractivity contribution in [1.29, 1.82) is 0 Å². The van der Waals surface area contributed by atoms with E-state index in [0.717, 1.165) is 32.2 Å². The van der Waals surface area contributed by atoms with E-state index in [1.165, 1.54) is 19.3 Å².